The molecule has 0 radical (unpaired) electrons. The fourth-order valence-corrected chi connectivity index (χ4v) is 1.88. The molecule has 0 aromatic heterocycles. The van der Waals surface area contributed by atoms with Gasteiger partial charge in [-0.15, -0.1) is 6.58 Å². The van der Waals surface area contributed by atoms with Crippen molar-refractivity contribution in [3.63, 3.8) is 0 Å². The molecule has 0 fully saturated rings. The van der Waals surface area contributed by atoms with Gasteiger partial charge in [-0.25, -0.2) is 4.79 Å². The molecule has 2 nitrogen and oxygen atoms in total. The maximum absolute atomic E-state index is 11.6. The van der Waals surface area contributed by atoms with Crippen molar-refractivity contribution >= 4 is 17.6 Å². The van der Waals surface area contributed by atoms with Crippen LogP contribution in [0.3, 0.4) is 0 Å². The minimum Gasteiger partial charge on any atom is -0.466 e. The largest absolute Gasteiger partial charge is 0.466 e. The SMILES string of the molecule is C=CCCC/C(C(=O)OC)=C(/Cl)CCCCC. The smallest absolute Gasteiger partial charge is 0.334 e. The second-order valence-electron chi connectivity index (χ2n) is 4.01. The lowest BCUT2D eigenvalue weighted by Crippen LogP contribution is -2.07. The van der Waals surface area contributed by atoms with Crippen molar-refractivity contribution in [1.82, 2.24) is 0 Å². The van der Waals surface area contributed by atoms with Crippen LogP contribution in [0.1, 0.15) is 51.9 Å². The topological polar surface area (TPSA) is 26.3 Å². The van der Waals surface area contributed by atoms with E-state index in [1.165, 1.54) is 7.11 Å². The summed E-state index contributed by atoms with van der Waals surface area (Å²) >= 11 is 6.19. The van der Waals surface area contributed by atoms with Crippen LogP contribution < -0.4 is 0 Å². The Bertz CT molecular complexity index is 269. The standard InChI is InChI=1S/C14H23ClO2/c1-4-6-8-10-12(14(16)17-3)13(15)11-9-7-5-2/h4H,1,5-11H2,2-3H3/b13-12-. The minimum absolute atomic E-state index is 0.296. The maximum Gasteiger partial charge on any atom is 0.334 e. The van der Waals surface area contributed by atoms with Gasteiger partial charge in [0.25, 0.3) is 0 Å². The molecule has 0 rings (SSSR count). The summed E-state index contributed by atoms with van der Waals surface area (Å²) in [5.41, 5.74) is 0.632. The first-order valence-corrected chi connectivity index (χ1v) is 6.61. The van der Waals surface area contributed by atoms with Crippen molar-refractivity contribution < 1.29 is 9.53 Å². The van der Waals surface area contributed by atoms with E-state index in [0.717, 1.165) is 38.5 Å². The molecule has 0 amide bonds. The monoisotopic (exact) mass is 258 g/mol. The zero-order chi connectivity index (χ0) is 13.1. The number of unbranched alkanes of at least 4 members (excludes halogenated alkanes) is 3. The summed E-state index contributed by atoms with van der Waals surface area (Å²) in [5, 5.41) is 0.661. The molecule has 0 aliphatic heterocycles. The van der Waals surface area contributed by atoms with Gasteiger partial charge in [-0.1, -0.05) is 37.4 Å². The predicted octanol–water partition coefficient (Wildman–Crippen LogP) is 4.59. The molecule has 0 N–H and O–H groups in total. The van der Waals surface area contributed by atoms with Crippen LogP contribution in [0.5, 0.6) is 0 Å². The van der Waals surface area contributed by atoms with E-state index < -0.39 is 0 Å². The van der Waals surface area contributed by atoms with E-state index in [4.69, 9.17) is 16.3 Å². The van der Waals surface area contributed by atoms with Crippen LogP contribution in [0, 0.1) is 0 Å². The fourth-order valence-electron chi connectivity index (χ4n) is 1.58. The average molecular weight is 259 g/mol. The lowest BCUT2D eigenvalue weighted by Gasteiger charge is -2.08. The fraction of sp³-hybridized carbons (Fsp3) is 0.643. The van der Waals surface area contributed by atoms with Crippen molar-refractivity contribution in [2.75, 3.05) is 7.11 Å². The number of halogens is 1. The third-order valence-corrected chi connectivity index (χ3v) is 3.01. The molecule has 0 saturated carbocycles. The lowest BCUT2D eigenvalue weighted by molar-refractivity contribution is -0.136. The number of ether oxygens (including phenoxy) is 1. The van der Waals surface area contributed by atoms with Crippen LogP contribution in [0.25, 0.3) is 0 Å². The van der Waals surface area contributed by atoms with Crippen molar-refractivity contribution in [3.8, 4) is 0 Å². The van der Waals surface area contributed by atoms with Crippen LogP contribution in [-0.2, 0) is 9.53 Å². The molecule has 0 aliphatic rings. The number of rotatable bonds is 9. The van der Waals surface area contributed by atoms with Gasteiger partial charge in [-0.3, -0.25) is 0 Å². The van der Waals surface area contributed by atoms with E-state index in [9.17, 15) is 4.79 Å². The van der Waals surface area contributed by atoms with Crippen molar-refractivity contribution in [1.29, 1.82) is 0 Å². The number of methoxy groups -OCH3 is 1. The molecule has 17 heavy (non-hydrogen) atoms. The molecule has 0 spiro atoms. The summed E-state index contributed by atoms with van der Waals surface area (Å²) in [4.78, 5) is 11.6. The zero-order valence-corrected chi connectivity index (χ0v) is 11.7. The van der Waals surface area contributed by atoms with Crippen molar-refractivity contribution in [3.05, 3.63) is 23.3 Å². The summed E-state index contributed by atoms with van der Waals surface area (Å²) in [6.07, 6.45) is 8.37. The molecule has 0 heterocycles. The quantitative estimate of drug-likeness (QED) is 0.262. The number of hydrogen-bond donors (Lipinski definition) is 0. The number of hydrogen-bond acceptors (Lipinski definition) is 2. The first-order valence-electron chi connectivity index (χ1n) is 6.24. The Morgan fingerprint density at radius 2 is 2.00 bits per heavy atom. The first kappa shape index (κ1) is 16.2. The third-order valence-electron chi connectivity index (χ3n) is 2.59. The first-order chi connectivity index (χ1) is 8.17. The highest BCUT2D eigenvalue weighted by atomic mass is 35.5. The van der Waals surface area contributed by atoms with Gasteiger partial charge in [0.2, 0.25) is 0 Å². The molecule has 0 aromatic rings. The molecular formula is C14H23ClO2. The van der Waals surface area contributed by atoms with E-state index in [-0.39, 0.29) is 5.97 Å². The van der Waals surface area contributed by atoms with Crippen LogP contribution in [0.2, 0.25) is 0 Å². The van der Waals surface area contributed by atoms with Gasteiger partial charge in [0, 0.05) is 5.03 Å². The molecule has 0 aromatic carbocycles. The molecule has 0 atom stereocenters. The normalized spacial score (nSPS) is 11.9. The Labute approximate surface area is 110 Å². The Balaban J connectivity index is 4.45. The number of allylic oxidation sites excluding steroid dienone is 2. The lowest BCUT2D eigenvalue weighted by atomic mass is 10.1. The van der Waals surface area contributed by atoms with Gasteiger partial charge in [-0.2, -0.15) is 0 Å². The van der Waals surface area contributed by atoms with E-state index in [2.05, 4.69) is 13.5 Å². The Morgan fingerprint density at radius 1 is 1.29 bits per heavy atom. The highest BCUT2D eigenvalue weighted by Gasteiger charge is 2.14. The van der Waals surface area contributed by atoms with E-state index >= 15 is 0 Å². The summed E-state index contributed by atoms with van der Waals surface area (Å²) in [5.74, 6) is -0.296. The molecule has 0 aliphatic carbocycles. The number of carbonyl (C=O) groups excluding carboxylic acids is 1. The van der Waals surface area contributed by atoms with Gasteiger partial charge < -0.3 is 4.74 Å². The van der Waals surface area contributed by atoms with Crippen LogP contribution in [-0.4, -0.2) is 13.1 Å². The Morgan fingerprint density at radius 3 is 2.53 bits per heavy atom. The predicted molar refractivity (Wildman–Crippen MR) is 73.1 cm³/mol. The molecule has 3 heteroatoms. The average Bonchev–Trinajstić information content (AvgIpc) is 2.34. The molecular weight excluding hydrogens is 236 g/mol. The molecule has 0 unspecified atom stereocenters. The second-order valence-corrected chi connectivity index (χ2v) is 4.47. The molecule has 0 bridgehead atoms. The van der Waals surface area contributed by atoms with Crippen LogP contribution >= 0.6 is 11.6 Å². The summed E-state index contributed by atoms with van der Waals surface area (Å²) in [6.45, 7) is 5.80. The maximum atomic E-state index is 11.6. The van der Waals surface area contributed by atoms with Crippen molar-refractivity contribution in [2.45, 2.75) is 51.9 Å². The van der Waals surface area contributed by atoms with E-state index in [1.807, 2.05) is 6.08 Å². The number of carbonyl (C=O) groups is 1. The van der Waals surface area contributed by atoms with E-state index in [0.29, 0.717) is 17.0 Å². The van der Waals surface area contributed by atoms with Gasteiger partial charge in [0.05, 0.1) is 12.7 Å². The summed E-state index contributed by atoms with van der Waals surface area (Å²) < 4.78 is 4.76. The third kappa shape index (κ3) is 7.22. The van der Waals surface area contributed by atoms with Gasteiger partial charge >= 0.3 is 5.97 Å². The highest BCUT2D eigenvalue weighted by molar-refractivity contribution is 6.31. The molecule has 98 valence electrons. The minimum atomic E-state index is -0.296. The van der Waals surface area contributed by atoms with Gasteiger partial charge in [-0.05, 0) is 32.1 Å². The van der Waals surface area contributed by atoms with Gasteiger partial charge in [0.15, 0.2) is 0 Å². The second kappa shape index (κ2) is 10.4. The Kier molecular flexibility index (Phi) is 9.93. The summed E-state index contributed by atoms with van der Waals surface area (Å²) in [6, 6.07) is 0. The van der Waals surface area contributed by atoms with E-state index in [1.54, 1.807) is 0 Å². The summed E-state index contributed by atoms with van der Waals surface area (Å²) in [7, 11) is 1.39. The van der Waals surface area contributed by atoms with Crippen LogP contribution in [0.4, 0.5) is 0 Å². The Hall–Kier alpha value is -0.760. The van der Waals surface area contributed by atoms with Crippen LogP contribution in [0.15, 0.2) is 23.3 Å². The zero-order valence-electron chi connectivity index (χ0n) is 10.9. The van der Waals surface area contributed by atoms with Gasteiger partial charge in [0.1, 0.15) is 0 Å². The highest BCUT2D eigenvalue weighted by Crippen LogP contribution is 2.22. The van der Waals surface area contributed by atoms with Crippen molar-refractivity contribution in [2.24, 2.45) is 0 Å². The number of esters is 1. The molecule has 0 saturated heterocycles.